The van der Waals surface area contributed by atoms with E-state index in [4.69, 9.17) is 25.6 Å². The molecule has 0 radical (unpaired) electrons. The second kappa shape index (κ2) is 10.7. The van der Waals surface area contributed by atoms with Crippen molar-refractivity contribution in [2.75, 3.05) is 27.3 Å². The summed E-state index contributed by atoms with van der Waals surface area (Å²) in [6.45, 7) is 2.53. The third-order valence-electron chi connectivity index (χ3n) is 5.72. The molecule has 1 atom stereocenters. The molecular formula is C24H27ClN4O4. The maximum atomic E-state index is 12.7. The summed E-state index contributed by atoms with van der Waals surface area (Å²) in [6.07, 6.45) is 1.80. The molecule has 33 heavy (non-hydrogen) atoms. The van der Waals surface area contributed by atoms with Gasteiger partial charge in [-0.05, 0) is 55.3 Å². The second-order valence-corrected chi connectivity index (χ2v) is 8.44. The molecule has 1 unspecified atom stereocenters. The molecule has 3 aromatic rings. The highest BCUT2D eigenvalue weighted by Crippen LogP contribution is 2.31. The van der Waals surface area contributed by atoms with Gasteiger partial charge in [-0.15, -0.1) is 0 Å². The van der Waals surface area contributed by atoms with Gasteiger partial charge in [0.15, 0.2) is 11.5 Å². The molecule has 1 aromatic heterocycles. The summed E-state index contributed by atoms with van der Waals surface area (Å²) in [5, 5.41) is 7.83. The first-order valence-corrected chi connectivity index (χ1v) is 11.2. The van der Waals surface area contributed by atoms with Gasteiger partial charge in [-0.25, -0.2) is 0 Å². The molecule has 174 valence electrons. The van der Waals surface area contributed by atoms with Crippen LogP contribution in [0.2, 0.25) is 5.02 Å². The lowest BCUT2D eigenvalue weighted by molar-refractivity contribution is -0.127. The van der Waals surface area contributed by atoms with Gasteiger partial charge < -0.3 is 19.3 Å². The second-order valence-electron chi connectivity index (χ2n) is 8.00. The molecule has 9 heteroatoms. The summed E-state index contributed by atoms with van der Waals surface area (Å²) in [4.78, 5) is 19.4. The third-order valence-corrected chi connectivity index (χ3v) is 5.98. The minimum atomic E-state index is -0.0701. The smallest absolute Gasteiger partial charge is 0.241 e. The Morgan fingerprint density at radius 3 is 2.73 bits per heavy atom. The van der Waals surface area contributed by atoms with E-state index in [-0.39, 0.29) is 11.8 Å². The van der Waals surface area contributed by atoms with Crippen LogP contribution >= 0.6 is 11.6 Å². The van der Waals surface area contributed by atoms with E-state index in [1.165, 1.54) is 0 Å². The highest BCUT2D eigenvalue weighted by Gasteiger charge is 2.27. The Balaban J connectivity index is 1.33. The number of halogens is 1. The van der Waals surface area contributed by atoms with Crippen molar-refractivity contribution in [3.63, 3.8) is 0 Å². The zero-order chi connectivity index (χ0) is 23.2. The van der Waals surface area contributed by atoms with Gasteiger partial charge in [0.05, 0.1) is 26.7 Å². The molecule has 1 aliphatic rings. The fourth-order valence-electron chi connectivity index (χ4n) is 3.95. The molecule has 4 rings (SSSR count). The van der Waals surface area contributed by atoms with E-state index in [1.54, 1.807) is 14.2 Å². The first kappa shape index (κ1) is 23.1. The summed E-state index contributed by atoms with van der Waals surface area (Å²) in [6, 6.07) is 13.0. The standard InChI is InChI=1S/C24H27ClN4O4/c1-31-20-10-7-17(12-21(20)32-2)23-27-22(33-28-23)15-29-11-3-4-18(14-29)24(30)26-13-16-5-8-19(25)9-6-16/h5-10,12,18H,3-4,11,13-15H2,1-2H3,(H,26,30). The molecule has 1 aliphatic heterocycles. The monoisotopic (exact) mass is 470 g/mol. The highest BCUT2D eigenvalue weighted by atomic mass is 35.5. The van der Waals surface area contributed by atoms with Gasteiger partial charge in [0.2, 0.25) is 17.6 Å². The van der Waals surface area contributed by atoms with Crippen LogP contribution in [0.3, 0.4) is 0 Å². The molecule has 1 amide bonds. The van der Waals surface area contributed by atoms with E-state index < -0.39 is 0 Å². The van der Waals surface area contributed by atoms with E-state index in [0.29, 0.717) is 47.9 Å². The number of methoxy groups -OCH3 is 2. The largest absolute Gasteiger partial charge is 0.493 e. The lowest BCUT2D eigenvalue weighted by Gasteiger charge is -2.30. The van der Waals surface area contributed by atoms with Crippen molar-refractivity contribution in [2.45, 2.75) is 25.9 Å². The van der Waals surface area contributed by atoms with E-state index in [1.807, 2.05) is 42.5 Å². The van der Waals surface area contributed by atoms with Gasteiger partial charge in [0, 0.05) is 23.7 Å². The summed E-state index contributed by atoms with van der Waals surface area (Å²) >= 11 is 5.92. The maximum Gasteiger partial charge on any atom is 0.241 e. The van der Waals surface area contributed by atoms with Crippen LogP contribution in [0.25, 0.3) is 11.4 Å². The Bertz CT molecular complexity index is 1090. The zero-order valence-electron chi connectivity index (χ0n) is 18.7. The number of likely N-dealkylation sites (tertiary alicyclic amines) is 1. The molecule has 8 nitrogen and oxygen atoms in total. The van der Waals surface area contributed by atoms with Crippen molar-refractivity contribution in [3.8, 4) is 22.9 Å². The van der Waals surface area contributed by atoms with E-state index >= 15 is 0 Å². The van der Waals surface area contributed by atoms with Crippen molar-refractivity contribution < 1.29 is 18.8 Å². The van der Waals surface area contributed by atoms with Crippen molar-refractivity contribution in [3.05, 3.63) is 58.9 Å². The number of nitrogens with zero attached hydrogens (tertiary/aromatic N) is 3. The number of benzene rings is 2. The van der Waals surface area contributed by atoms with Gasteiger partial charge in [0.25, 0.3) is 0 Å². The number of amides is 1. The summed E-state index contributed by atoms with van der Waals surface area (Å²) in [5.74, 6) is 2.23. The Morgan fingerprint density at radius 2 is 1.97 bits per heavy atom. The normalized spacial score (nSPS) is 16.4. The fraction of sp³-hybridized carbons (Fsp3) is 0.375. The first-order chi connectivity index (χ1) is 16.1. The number of hydrogen-bond acceptors (Lipinski definition) is 7. The number of aromatic nitrogens is 2. The van der Waals surface area contributed by atoms with Crippen LogP contribution in [0.4, 0.5) is 0 Å². The molecule has 0 saturated carbocycles. The number of hydrogen-bond donors (Lipinski definition) is 1. The Morgan fingerprint density at radius 1 is 1.18 bits per heavy atom. The van der Waals surface area contributed by atoms with Crippen LogP contribution in [0.5, 0.6) is 11.5 Å². The topological polar surface area (TPSA) is 89.7 Å². The third kappa shape index (κ3) is 5.83. The van der Waals surface area contributed by atoms with Crippen LogP contribution in [0.15, 0.2) is 47.0 Å². The van der Waals surface area contributed by atoms with Gasteiger partial charge in [0.1, 0.15) is 0 Å². The lowest BCUT2D eigenvalue weighted by atomic mass is 9.97. The first-order valence-electron chi connectivity index (χ1n) is 10.8. The van der Waals surface area contributed by atoms with E-state index in [0.717, 1.165) is 30.5 Å². The van der Waals surface area contributed by atoms with Crippen LogP contribution in [-0.2, 0) is 17.9 Å². The van der Waals surface area contributed by atoms with Gasteiger partial charge >= 0.3 is 0 Å². The minimum Gasteiger partial charge on any atom is -0.493 e. The molecule has 2 heterocycles. The number of ether oxygens (including phenoxy) is 2. The SMILES string of the molecule is COc1ccc(-c2noc(CN3CCCC(C(=O)NCc4ccc(Cl)cc4)C3)n2)cc1OC. The zero-order valence-corrected chi connectivity index (χ0v) is 19.5. The van der Waals surface area contributed by atoms with Crippen LogP contribution in [0, 0.1) is 5.92 Å². The average Bonchev–Trinajstić information content (AvgIpc) is 3.31. The summed E-state index contributed by atoms with van der Waals surface area (Å²) < 4.78 is 16.1. The fourth-order valence-corrected chi connectivity index (χ4v) is 4.08. The van der Waals surface area contributed by atoms with Crippen LogP contribution < -0.4 is 14.8 Å². The predicted molar refractivity (Wildman–Crippen MR) is 124 cm³/mol. The molecule has 0 spiro atoms. The number of carbonyl (C=O) groups is 1. The van der Waals surface area contributed by atoms with Crippen molar-refractivity contribution in [2.24, 2.45) is 5.92 Å². The van der Waals surface area contributed by atoms with Crippen LogP contribution in [0.1, 0.15) is 24.3 Å². The summed E-state index contributed by atoms with van der Waals surface area (Å²) in [7, 11) is 3.18. The van der Waals surface area contributed by atoms with E-state index in [2.05, 4.69) is 20.4 Å². The highest BCUT2D eigenvalue weighted by molar-refractivity contribution is 6.30. The van der Waals surface area contributed by atoms with Crippen LogP contribution in [-0.4, -0.2) is 48.3 Å². The molecular weight excluding hydrogens is 444 g/mol. The van der Waals surface area contributed by atoms with E-state index in [9.17, 15) is 4.79 Å². The molecule has 0 aliphatic carbocycles. The molecule has 2 aromatic carbocycles. The molecule has 1 fully saturated rings. The lowest BCUT2D eigenvalue weighted by Crippen LogP contribution is -2.42. The number of nitrogens with one attached hydrogen (secondary N) is 1. The molecule has 1 N–H and O–H groups in total. The van der Waals surface area contributed by atoms with Gasteiger partial charge in [-0.2, -0.15) is 4.98 Å². The Labute approximate surface area is 197 Å². The van der Waals surface area contributed by atoms with Crippen molar-refractivity contribution >= 4 is 17.5 Å². The molecule has 1 saturated heterocycles. The number of rotatable bonds is 8. The number of piperidine rings is 1. The molecule has 0 bridgehead atoms. The van der Waals surface area contributed by atoms with Gasteiger partial charge in [-0.3, -0.25) is 9.69 Å². The number of carbonyl (C=O) groups excluding carboxylic acids is 1. The summed E-state index contributed by atoms with van der Waals surface area (Å²) in [5.41, 5.74) is 1.80. The minimum absolute atomic E-state index is 0.0613. The van der Waals surface area contributed by atoms with Crippen molar-refractivity contribution in [1.82, 2.24) is 20.4 Å². The Kier molecular flexibility index (Phi) is 7.47. The van der Waals surface area contributed by atoms with Gasteiger partial charge in [-0.1, -0.05) is 28.9 Å². The Hall–Kier alpha value is -3.10. The quantitative estimate of drug-likeness (QED) is 0.533. The van der Waals surface area contributed by atoms with Crippen molar-refractivity contribution in [1.29, 1.82) is 0 Å². The maximum absolute atomic E-state index is 12.7. The predicted octanol–water partition coefficient (Wildman–Crippen LogP) is 3.94. The average molecular weight is 471 g/mol.